The summed E-state index contributed by atoms with van der Waals surface area (Å²) in [5.74, 6) is 1.04. The molecular weight excluding hydrogens is 341 g/mol. The molecule has 0 aliphatic carbocycles. The third-order valence-electron chi connectivity index (χ3n) is 2.83. The molecule has 16 heavy (non-hydrogen) atoms. The number of aryl methyl sites for hydroxylation is 1. The third-order valence-corrected chi connectivity index (χ3v) is 5.97. The topological polar surface area (TPSA) is 78.0 Å². The standard InChI is InChI=1S/C9H14IN3O2S/c1-6-8(10)9(11)13(12-6)7-3-2-4-16(14,15)5-7/h7H,2-5,11H2,1H3. The minimum atomic E-state index is -2.92. The van der Waals surface area contributed by atoms with Crippen molar-refractivity contribution in [3.05, 3.63) is 9.26 Å². The Labute approximate surface area is 108 Å². The zero-order valence-corrected chi connectivity index (χ0v) is 12.0. The maximum absolute atomic E-state index is 11.6. The second kappa shape index (κ2) is 4.17. The number of nitrogens with zero attached hydrogens (tertiary/aromatic N) is 2. The van der Waals surface area contributed by atoms with E-state index in [-0.39, 0.29) is 11.8 Å². The van der Waals surface area contributed by atoms with Crippen molar-refractivity contribution in [2.75, 3.05) is 17.2 Å². The first-order valence-corrected chi connectivity index (χ1v) is 8.01. The molecule has 1 unspecified atom stereocenters. The van der Waals surface area contributed by atoms with Crippen LogP contribution in [0.25, 0.3) is 0 Å². The summed E-state index contributed by atoms with van der Waals surface area (Å²) in [5, 5.41) is 4.32. The monoisotopic (exact) mass is 355 g/mol. The number of nitrogens with two attached hydrogens (primary N) is 1. The van der Waals surface area contributed by atoms with Crippen LogP contribution < -0.4 is 5.73 Å². The molecule has 7 heteroatoms. The van der Waals surface area contributed by atoms with Crippen LogP contribution in [-0.2, 0) is 9.84 Å². The number of hydrogen-bond donors (Lipinski definition) is 1. The molecule has 0 saturated carbocycles. The molecule has 2 N–H and O–H groups in total. The first kappa shape index (κ1) is 12.2. The minimum Gasteiger partial charge on any atom is -0.383 e. The third kappa shape index (κ3) is 2.20. The van der Waals surface area contributed by atoms with Gasteiger partial charge < -0.3 is 5.73 Å². The molecule has 1 saturated heterocycles. The largest absolute Gasteiger partial charge is 0.383 e. The molecule has 90 valence electrons. The lowest BCUT2D eigenvalue weighted by atomic mass is 10.2. The van der Waals surface area contributed by atoms with Gasteiger partial charge in [-0.05, 0) is 42.4 Å². The summed E-state index contributed by atoms with van der Waals surface area (Å²) in [4.78, 5) is 0. The van der Waals surface area contributed by atoms with Crippen LogP contribution in [0.3, 0.4) is 0 Å². The van der Waals surface area contributed by atoms with Gasteiger partial charge in [-0.3, -0.25) is 0 Å². The van der Waals surface area contributed by atoms with Crippen molar-refractivity contribution < 1.29 is 8.42 Å². The van der Waals surface area contributed by atoms with Crippen molar-refractivity contribution in [2.45, 2.75) is 25.8 Å². The lowest BCUT2D eigenvalue weighted by molar-refractivity contribution is 0.438. The maximum atomic E-state index is 11.6. The fraction of sp³-hybridized carbons (Fsp3) is 0.667. The Balaban J connectivity index is 2.34. The minimum absolute atomic E-state index is 0.0963. The van der Waals surface area contributed by atoms with Gasteiger partial charge in [0, 0.05) is 0 Å². The molecule has 0 spiro atoms. The van der Waals surface area contributed by atoms with Crippen molar-refractivity contribution in [1.29, 1.82) is 0 Å². The first-order chi connectivity index (χ1) is 7.41. The van der Waals surface area contributed by atoms with E-state index in [9.17, 15) is 8.42 Å². The summed E-state index contributed by atoms with van der Waals surface area (Å²) < 4.78 is 25.7. The molecule has 2 rings (SSSR count). The van der Waals surface area contributed by atoms with E-state index in [1.165, 1.54) is 0 Å². The van der Waals surface area contributed by atoms with Gasteiger partial charge >= 0.3 is 0 Å². The van der Waals surface area contributed by atoms with Crippen LogP contribution in [0.2, 0.25) is 0 Å². The Morgan fingerprint density at radius 2 is 2.25 bits per heavy atom. The molecular formula is C9H14IN3O2S. The van der Waals surface area contributed by atoms with E-state index in [0.717, 1.165) is 15.7 Å². The summed E-state index contributed by atoms with van der Waals surface area (Å²) in [6.07, 6.45) is 1.53. The highest BCUT2D eigenvalue weighted by atomic mass is 127. The van der Waals surface area contributed by atoms with Crippen LogP contribution in [0.15, 0.2) is 0 Å². The molecule has 0 amide bonds. The van der Waals surface area contributed by atoms with Gasteiger partial charge in [0.1, 0.15) is 5.82 Å². The SMILES string of the molecule is Cc1nn(C2CCCS(=O)(=O)C2)c(N)c1I. The van der Waals surface area contributed by atoms with E-state index in [1.807, 2.05) is 6.92 Å². The predicted molar refractivity (Wildman–Crippen MR) is 71.0 cm³/mol. The van der Waals surface area contributed by atoms with Gasteiger partial charge in [-0.15, -0.1) is 0 Å². The summed E-state index contributed by atoms with van der Waals surface area (Å²) in [6.45, 7) is 1.88. The van der Waals surface area contributed by atoms with Gasteiger partial charge in [-0.1, -0.05) is 0 Å². The van der Waals surface area contributed by atoms with Gasteiger partial charge in [-0.2, -0.15) is 5.10 Å². The normalized spacial score (nSPS) is 24.5. The highest BCUT2D eigenvalue weighted by molar-refractivity contribution is 14.1. The second-order valence-electron chi connectivity index (χ2n) is 4.14. The number of rotatable bonds is 1. The molecule has 1 atom stereocenters. The van der Waals surface area contributed by atoms with Crippen LogP contribution in [0.5, 0.6) is 0 Å². The molecule has 0 bridgehead atoms. The number of aromatic nitrogens is 2. The molecule has 1 aliphatic heterocycles. The van der Waals surface area contributed by atoms with Gasteiger partial charge in [0.15, 0.2) is 9.84 Å². The van der Waals surface area contributed by atoms with E-state index < -0.39 is 9.84 Å². The van der Waals surface area contributed by atoms with E-state index in [2.05, 4.69) is 27.7 Å². The van der Waals surface area contributed by atoms with E-state index >= 15 is 0 Å². The fourth-order valence-electron chi connectivity index (χ4n) is 2.02. The molecule has 1 aromatic heterocycles. The van der Waals surface area contributed by atoms with Crippen molar-refractivity contribution in [3.63, 3.8) is 0 Å². The number of hydrogen-bond acceptors (Lipinski definition) is 4. The molecule has 1 fully saturated rings. The van der Waals surface area contributed by atoms with Crippen molar-refractivity contribution >= 4 is 38.2 Å². The number of sulfone groups is 1. The number of nitrogen functional groups attached to an aromatic ring is 1. The Kier molecular flexibility index (Phi) is 3.17. The van der Waals surface area contributed by atoms with Gasteiger partial charge in [-0.25, -0.2) is 13.1 Å². The van der Waals surface area contributed by atoms with Crippen molar-refractivity contribution in [3.8, 4) is 0 Å². The number of anilines is 1. The average Bonchev–Trinajstić information content (AvgIpc) is 2.45. The lowest BCUT2D eigenvalue weighted by Crippen LogP contribution is -2.28. The molecule has 5 nitrogen and oxygen atoms in total. The van der Waals surface area contributed by atoms with Gasteiger partial charge in [0.05, 0.1) is 26.8 Å². The highest BCUT2D eigenvalue weighted by Gasteiger charge is 2.28. The Morgan fingerprint density at radius 1 is 1.56 bits per heavy atom. The van der Waals surface area contributed by atoms with Crippen LogP contribution in [0, 0.1) is 10.5 Å². The molecule has 0 radical (unpaired) electrons. The predicted octanol–water partition coefficient (Wildman–Crippen LogP) is 1.13. The highest BCUT2D eigenvalue weighted by Crippen LogP contribution is 2.28. The van der Waals surface area contributed by atoms with Gasteiger partial charge in [0.25, 0.3) is 0 Å². The van der Waals surface area contributed by atoms with Crippen LogP contribution >= 0.6 is 22.6 Å². The Morgan fingerprint density at radius 3 is 2.75 bits per heavy atom. The maximum Gasteiger partial charge on any atom is 0.152 e. The van der Waals surface area contributed by atoms with Crippen LogP contribution in [0.1, 0.15) is 24.6 Å². The summed E-state index contributed by atoms with van der Waals surface area (Å²) >= 11 is 2.14. The Hall–Kier alpha value is -0.310. The second-order valence-corrected chi connectivity index (χ2v) is 7.45. The van der Waals surface area contributed by atoms with Crippen LogP contribution in [0.4, 0.5) is 5.82 Å². The fourth-order valence-corrected chi connectivity index (χ4v) is 4.04. The smallest absolute Gasteiger partial charge is 0.152 e. The zero-order chi connectivity index (χ0) is 11.9. The molecule has 2 heterocycles. The summed E-state index contributed by atoms with van der Waals surface area (Å²) in [7, 11) is -2.92. The number of halogens is 1. The van der Waals surface area contributed by atoms with Crippen molar-refractivity contribution in [2.24, 2.45) is 0 Å². The van der Waals surface area contributed by atoms with Crippen molar-refractivity contribution in [1.82, 2.24) is 9.78 Å². The molecule has 1 aromatic rings. The quantitative estimate of drug-likeness (QED) is 0.766. The molecule has 1 aliphatic rings. The zero-order valence-electron chi connectivity index (χ0n) is 8.98. The van der Waals surface area contributed by atoms with Crippen LogP contribution in [-0.4, -0.2) is 29.7 Å². The summed E-state index contributed by atoms with van der Waals surface area (Å²) in [5.41, 5.74) is 6.78. The van der Waals surface area contributed by atoms with E-state index in [4.69, 9.17) is 5.73 Å². The summed E-state index contributed by atoms with van der Waals surface area (Å²) in [6, 6.07) is -0.0963. The molecule has 0 aromatic carbocycles. The van der Waals surface area contributed by atoms with E-state index in [1.54, 1.807) is 4.68 Å². The van der Waals surface area contributed by atoms with Gasteiger partial charge in [0.2, 0.25) is 0 Å². The first-order valence-electron chi connectivity index (χ1n) is 5.11. The lowest BCUT2D eigenvalue weighted by Gasteiger charge is -2.23. The van der Waals surface area contributed by atoms with E-state index in [0.29, 0.717) is 18.0 Å². The average molecular weight is 355 g/mol. The Bertz CT molecular complexity index is 509.